The van der Waals surface area contributed by atoms with Crippen LogP contribution in [0.5, 0.6) is 5.75 Å². The molecule has 0 aliphatic carbocycles. The number of phenolic OH excluding ortho intramolecular Hbond substituents is 1. The lowest BCUT2D eigenvalue weighted by atomic mass is 10.1. The van der Waals surface area contributed by atoms with E-state index in [1.807, 2.05) is 0 Å². The van der Waals surface area contributed by atoms with Crippen molar-refractivity contribution in [2.75, 3.05) is 11.4 Å². The summed E-state index contributed by atoms with van der Waals surface area (Å²) in [7, 11) is 0. The van der Waals surface area contributed by atoms with E-state index in [1.54, 1.807) is 19.1 Å². The second kappa shape index (κ2) is 5.92. The van der Waals surface area contributed by atoms with Crippen molar-refractivity contribution in [2.45, 2.75) is 6.92 Å². The first-order valence-corrected chi connectivity index (χ1v) is 6.47. The van der Waals surface area contributed by atoms with Crippen LogP contribution in [0.3, 0.4) is 0 Å². The van der Waals surface area contributed by atoms with Gasteiger partial charge in [0.1, 0.15) is 11.6 Å². The highest BCUT2D eigenvalue weighted by atomic mass is 35.5. The van der Waals surface area contributed by atoms with Gasteiger partial charge in [0.15, 0.2) is 0 Å². The van der Waals surface area contributed by atoms with Crippen LogP contribution in [-0.2, 0) is 0 Å². The van der Waals surface area contributed by atoms with Crippen LogP contribution in [-0.4, -0.2) is 17.6 Å². The first kappa shape index (κ1) is 14.3. The number of halogens is 2. The lowest BCUT2D eigenvalue weighted by molar-refractivity contribution is 0.0984. The molecule has 1 amide bonds. The summed E-state index contributed by atoms with van der Waals surface area (Å²) < 4.78 is 13.8. The molecular formula is C15H13ClFNO2. The minimum absolute atomic E-state index is 0.0355. The highest BCUT2D eigenvalue weighted by Crippen LogP contribution is 2.25. The third-order valence-corrected chi connectivity index (χ3v) is 3.19. The number of phenols is 1. The van der Waals surface area contributed by atoms with E-state index in [0.29, 0.717) is 12.2 Å². The van der Waals surface area contributed by atoms with Crippen molar-refractivity contribution in [2.24, 2.45) is 0 Å². The molecule has 0 spiro atoms. The van der Waals surface area contributed by atoms with Gasteiger partial charge in [0.25, 0.3) is 5.91 Å². The molecule has 0 aromatic heterocycles. The number of carbonyl (C=O) groups excluding carboxylic acids is 1. The maximum atomic E-state index is 13.8. The van der Waals surface area contributed by atoms with Crippen LogP contribution in [0.2, 0.25) is 5.02 Å². The molecule has 0 saturated carbocycles. The van der Waals surface area contributed by atoms with Crippen molar-refractivity contribution in [1.29, 1.82) is 0 Å². The van der Waals surface area contributed by atoms with Crippen molar-refractivity contribution in [1.82, 2.24) is 0 Å². The summed E-state index contributed by atoms with van der Waals surface area (Å²) in [5.74, 6) is -1.17. The van der Waals surface area contributed by atoms with Crippen molar-refractivity contribution in [3.05, 3.63) is 58.9 Å². The van der Waals surface area contributed by atoms with Crippen LogP contribution in [0, 0.1) is 5.82 Å². The largest absolute Gasteiger partial charge is 0.508 e. The second-order valence-electron chi connectivity index (χ2n) is 4.17. The summed E-state index contributed by atoms with van der Waals surface area (Å²) in [5, 5.41) is 9.54. The zero-order chi connectivity index (χ0) is 14.7. The van der Waals surface area contributed by atoms with Crippen LogP contribution >= 0.6 is 11.6 Å². The molecule has 0 saturated heterocycles. The fourth-order valence-electron chi connectivity index (χ4n) is 1.94. The Morgan fingerprint density at radius 3 is 2.60 bits per heavy atom. The van der Waals surface area contributed by atoms with Gasteiger partial charge in [0.2, 0.25) is 0 Å². The fraction of sp³-hybridized carbons (Fsp3) is 0.133. The summed E-state index contributed by atoms with van der Waals surface area (Å²) in [6.45, 7) is 2.09. The molecule has 0 aliphatic rings. The van der Waals surface area contributed by atoms with Gasteiger partial charge in [0.05, 0.1) is 10.6 Å². The molecule has 2 rings (SSSR count). The van der Waals surface area contributed by atoms with E-state index in [-0.39, 0.29) is 16.3 Å². The fourth-order valence-corrected chi connectivity index (χ4v) is 2.19. The molecule has 0 bridgehead atoms. The van der Waals surface area contributed by atoms with Gasteiger partial charge in [-0.05, 0) is 31.2 Å². The zero-order valence-corrected chi connectivity index (χ0v) is 11.6. The normalized spacial score (nSPS) is 10.3. The summed E-state index contributed by atoms with van der Waals surface area (Å²) in [4.78, 5) is 13.8. The number of benzene rings is 2. The Balaban J connectivity index is 2.45. The van der Waals surface area contributed by atoms with Gasteiger partial charge < -0.3 is 10.0 Å². The van der Waals surface area contributed by atoms with Gasteiger partial charge in [-0.1, -0.05) is 23.7 Å². The van der Waals surface area contributed by atoms with Gasteiger partial charge in [-0.2, -0.15) is 0 Å². The van der Waals surface area contributed by atoms with Crippen LogP contribution in [0.15, 0.2) is 42.5 Å². The number of aromatic hydroxyl groups is 1. The van der Waals surface area contributed by atoms with Gasteiger partial charge in [-0.15, -0.1) is 0 Å². The molecule has 0 unspecified atom stereocenters. The molecule has 0 atom stereocenters. The van der Waals surface area contributed by atoms with Gasteiger partial charge >= 0.3 is 0 Å². The monoisotopic (exact) mass is 293 g/mol. The Kier molecular flexibility index (Phi) is 4.25. The van der Waals surface area contributed by atoms with Crippen LogP contribution < -0.4 is 4.90 Å². The summed E-state index contributed by atoms with van der Waals surface area (Å²) >= 11 is 5.91. The summed E-state index contributed by atoms with van der Waals surface area (Å²) in [6.07, 6.45) is 0. The van der Waals surface area contributed by atoms with E-state index in [2.05, 4.69) is 0 Å². The Hall–Kier alpha value is -2.07. The predicted molar refractivity (Wildman–Crippen MR) is 76.9 cm³/mol. The van der Waals surface area contributed by atoms with E-state index < -0.39 is 11.7 Å². The lowest BCUT2D eigenvalue weighted by Gasteiger charge is -2.22. The third kappa shape index (κ3) is 2.75. The van der Waals surface area contributed by atoms with E-state index in [9.17, 15) is 14.3 Å². The maximum Gasteiger partial charge on any atom is 0.262 e. The SMILES string of the molecule is CCN(C(=O)c1c(F)cccc1Cl)c1cccc(O)c1. The van der Waals surface area contributed by atoms with Crippen molar-refractivity contribution >= 4 is 23.2 Å². The zero-order valence-electron chi connectivity index (χ0n) is 10.8. The standard InChI is InChI=1S/C15H13ClFNO2/c1-2-18(10-5-3-6-11(19)9-10)15(20)14-12(16)7-4-8-13(14)17/h3-9,19H,2H2,1H3. The number of anilines is 1. The molecule has 104 valence electrons. The smallest absolute Gasteiger partial charge is 0.262 e. The summed E-state index contributed by atoms with van der Waals surface area (Å²) in [6, 6.07) is 10.3. The number of rotatable bonds is 3. The maximum absolute atomic E-state index is 13.8. The topological polar surface area (TPSA) is 40.5 Å². The van der Waals surface area contributed by atoms with Crippen molar-refractivity contribution < 1.29 is 14.3 Å². The van der Waals surface area contributed by atoms with Crippen molar-refractivity contribution in [3.8, 4) is 5.75 Å². The van der Waals surface area contributed by atoms with Crippen LogP contribution in [0.4, 0.5) is 10.1 Å². The van der Waals surface area contributed by atoms with E-state index in [0.717, 1.165) is 0 Å². The molecule has 3 nitrogen and oxygen atoms in total. The second-order valence-corrected chi connectivity index (χ2v) is 4.57. The first-order valence-electron chi connectivity index (χ1n) is 6.09. The van der Waals surface area contributed by atoms with Crippen LogP contribution in [0.25, 0.3) is 0 Å². The molecule has 20 heavy (non-hydrogen) atoms. The highest BCUT2D eigenvalue weighted by molar-refractivity contribution is 6.34. The van der Waals surface area contributed by atoms with E-state index in [4.69, 9.17) is 11.6 Å². The number of hydrogen-bond donors (Lipinski definition) is 1. The minimum Gasteiger partial charge on any atom is -0.508 e. The highest BCUT2D eigenvalue weighted by Gasteiger charge is 2.22. The number of amides is 1. The summed E-state index contributed by atoms with van der Waals surface area (Å²) in [5.41, 5.74) is 0.316. The van der Waals surface area contributed by atoms with Gasteiger partial charge in [0, 0.05) is 18.3 Å². The quantitative estimate of drug-likeness (QED) is 0.934. The van der Waals surface area contributed by atoms with Crippen molar-refractivity contribution in [3.63, 3.8) is 0 Å². The number of nitrogens with zero attached hydrogens (tertiary/aromatic N) is 1. The first-order chi connectivity index (χ1) is 9.54. The number of carbonyl (C=O) groups is 1. The third-order valence-electron chi connectivity index (χ3n) is 2.88. The molecule has 5 heteroatoms. The molecule has 0 fully saturated rings. The molecule has 0 aliphatic heterocycles. The Morgan fingerprint density at radius 1 is 1.30 bits per heavy atom. The number of hydrogen-bond acceptors (Lipinski definition) is 2. The lowest BCUT2D eigenvalue weighted by Crippen LogP contribution is -2.31. The van der Waals surface area contributed by atoms with E-state index in [1.165, 1.54) is 35.2 Å². The molecule has 0 radical (unpaired) electrons. The van der Waals surface area contributed by atoms with E-state index >= 15 is 0 Å². The average Bonchev–Trinajstić information content (AvgIpc) is 2.39. The van der Waals surface area contributed by atoms with Gasteiger partial charge in [-0.3, -0.25) is 4.79 Å². The van der Waals surface area contributed by atoms with Crippen LogP contribution in [0.1, 0.15) is 17.3 Å². The predicted octanol–water partition coefficient (Wildman–Crippen LogP) is 3.85. The molecule has 2 aromatic carbocycles. The Bertz CT molecular complexity index is 625. The Labute approximate surface area is 121 Å². The Morgan fingerprint density at radius 2 is 2.00 bits per heavy atom. The minimum atomic E-state index is -0.666. The molecule has 0 heterocycles. The average molecular weight is 294 g/mol. The molecule has 1 N–H and O–H groups in total. The van der Waals surface area contributed by atoms with Gasteiger partial charge in [-0.25, -0.2) is 4.39 Å². The molecular weight excluding hydrogens is 281 g/mol. The molecule has 2 aromatic rings.